The standard InChI is InChI=1S/C16H19N3O/c1-2-4-15-13(3-1)14(7-8-20-15)16-18-10-12(19-16)9-17-11-5-6-11/h1-4,10-11,14,17H,5-9H2,(H,18,19). The van der Waals surface area contributed by atoms with Gasteiger partial charge in [0.25, 0.3) is 0 Å². The van der Waals surface area contributed by atoms with E-state index in [1.807, 2.05) is 18.3 Å². The Hall–Kier alpha value is -1.81. The molecule has 1 aromatic carbocycles. The van der Waals surface area contributed by atoms with E-state index in [0.717, 1.165) is 37.2 Å². The quantitative estimate of drug-likeness (QED) is 0.897. The molecule has 0 amide bonds. The zero-order chi connectivity index (χ0) is 13.4. The summed E-state index contributed by atoms with van der Waals surface area (Å²) in [5.41, 5.74) is 2.42. The van der Waals surface area contributed by atoms with Gasteiger partial charge in [-0.1, -0.05) is 18.2 Å². The number of imidazole rings is 1. The summed E-state index contributed by atoms with van der Waals surface area (Å²) in [6.45, 7) is 1.65. The number of nitrogens with zero attached hydrogens (tertiary/aromatic N) is 1. The first-order valence-corrected chi connectivity index (χ1v) is 7.39. The molecule has 0 radical (unpaired) electrons. The van der Waals surface area contributed by atoms with Crippen LogP contribution in [-0.4, -0.2) is 22.6 Å². The lowest BCUT2D eigenvalue weighted by atomic mass is 9.92. The Kier molecular flexibility index (Phi) is 2.96. The van der Waals surface area contributed by atoms with Crippen molar-refractivity contribution >= 4 is 0 Å². The number of fused-ring (bicyclic) bond motifs is 1. The molecule has 1 unspecified atom stereocenters. The maximum Gasteiger partial charge on any atom is 0.123 e. The van der Waals surface area contributed by atoms with Crippen molar-refractivity contribution in [2.24, 2.45) is 0 Å². The molecule has 4 heteroatoms. The van der Waals surface area contributed by atoms with E-state index in [0.29, 0.717) is 5.92 Å². The summed E-state index contributed by atoms with van der Waals surface area (Å²) in [4.78, 5) is 8.06. The average Bonchev–Trinajstić information content (AvgIpc) is 3.21. The highest BCUT2D eigenvalue weighted by Gasteiger charge is 2.25. The number of nitrogens with one attached hydrogen (secondary N) is 2. The molecule has 0 bridgehead atoms. The van der Waals surface area contributed by atoms with Crippen LogP contribution in [0.1, 0.15) is 42.3 Å². The van der Waals surface area contributed by atoms with Crippen molar-refractivity contribution in [2.75, 3.05) is 6.61 Å². The third-order valence-electron chi connectivity index (χ3n) is 4.10. The van der Waals surface area contributed by atoms with Gasteiger partial charge >= 0.3 is 0 Å². The molecule has 1 aromatic heterocycles. The van der Waals surface area contributed by atoms with E-state index < -0.39 is 0 Å². The number of ether oxygens (including phenoxy) is 1. The molecule has 1 aliphatic heterocycles. The largest absolute Gasteiger partial charge is 0.493 e. The van der Waals surface area contributed by atoms with Crippen molar-refractivity contribution in [3.8, 4) is 5.75 Å². The molecular formula is C16H19N3O. The van der Waals surface area contributed by atoms with Gasteiger partial charge < -0.3 is 15.0 Å². The highest BCUT2D eigenvalue weighted by molar-refractivity contribution is 5.40. The Morgan fingerprint density at radius 3 is 3.05 bits per heavy atom. The van der Waals surface area contributed by atoms with Crippen LogP contribution < -0.4 is 10.1 Å². The molecule has 2 aliphatic rings. The summed E-state index contributed by atoms with van der Waals surface area (Å²) in [5.74, 6) is 2.39. The molecule has 1 aliphatic carbocycles. The van der Waals surface area contributed by atoms with E-state index in [4.69, 9.17) is 4.74 Å². The minimum absolute atomic E-state index is 0.328. The van der Waals surface area contributed by atoms with E-state index in [9.17, 15) is 0 Å². The Labute approximate surface area is 118 Å². The molecular weight excluding hydrogens is 250 g/mol. The lowest BCUT2D eigenvalue weighted by Gasteiger charge is -2.24. The first-order valence-electron chi connectivity index (χ1n) is 7.39. The Morgan fingerprint density at radius 1 is 1.25 bits per heavy atom. The van der Waals surface area contributed by atoms with Gasteiger partial charge in [-0.2, -0.15) is 0 Å². The molecule has 1 atom stereocenters. The fraction of sp³-hybridized carbons (Fsp3) is 0.438. The van der Waals surface area contributed by atoms with Crippen LogP contribution in [0.5, 0.6) is 5.75 Å². The number of benzene rings is 1. The molecule has 2 N–H and O–H groups in total. The molecule has 20 heavy (non-hydrogen) atoms. The molecule has 2 aromatic rings. The minimum atomic E-state index is 0.328. The normalized spacial score (nSPS) is 21.3. The summed E-state index contributed by atoms with van der Waals surface area (Å²) in [5, 5.41) is 3.51. The van der Waals surface area contributed by atoms with Gasteiger partial charge in [0.1, 0.15) is 11.6 Å². The number of para-hydroxylation sites is 1. The predicted octanol–water partition coefficient (Wildman–Crippen LogP) is 2.58. The van der Waals surface area contributed by atoms with Crippen LogP contribution in [0.4, 0.5) is 0 Å². The van der Waals surface area contributed by atoms with Gasteiger partial charge in [-0.25, -0.2) is 4.98 Å². The van der Waals surface area contributed by atoms with Crippen LogP contribution in [0.15, 0.2) is 30.5 Å². The van der Waals surface area contributed by atoms with Gasteiger partial charge in [0.15, 0.2) is 0 Å². The highest BCUT2D eigenvalue weighted by atomic mass is 16.5. The van der Waals surface area contributed by atoms with Crippen LogP contribution in [0.2, 0.25) is 0 Å². The average molecular weight is 269 g/mol. The smallest absolute Gasteiger partial charge is 0.123 e. The van der Waals surface area contributed by atoms with Crippen molar-refractivity contribution in [2.45, 2.75) is 37.8 Å². The fourth-order valence-corrected chi connectivity index (χ4v) is 2.81. The third kappa shape index (κ3) is 2.31. The van der Waals surface area contributed by atoms with Gasteiger partial charge in [-0.15, -0.1) is 0 Å². The number of H-pyrrole nitrogens is 1. The summed E-state index contributed by atoms with van der Waals surface area (Å²) in [6.07, 6.45) is 5.57. The van der Waals surface area contributed by atoms with Gasteiger partial charge in [0.05, 0.1) is 6.61 Å². The zero-order valence-corrected chi connectivity index (χ0v) is 11.4. The van der Waals surface area contributed by atoms with Crippen molar-refractivity contribution in [1.82, 2.24) is 15.3 Å². The molecule has 1 saturated carbocycles. The van der Waals surface area contributed by atoms with Gasteiger partial charge in [0.2, 0.25) is 0 Å². The van der Waals surface area contributed by atoms with Gasteiger partial charge in [-0.05, 0) is 25.3 Å². The number of aromatic nitrogens is 2. The molecule has 0 saturated heterocycles. The van der Waals surface area contributed by atoms with Crippen LogP contribution >= 0.6 is 0 Å². The van der Waals surface area contributed by atoms with E-state index in [1.165, 1.54) is 24.1 Å². The van der Waals surface area contributed by atoms with Crippen LogP contribution in [0.3, 0.4) is 0 Å². The first kappa shape index (κ1) is 12.0. The number of hydrogen-bond acceptors (Lipinski definition) is 3. The van der Waals surface area contributed by atoms with Crippen molar-refractivity contribution in [3.05, 3.63) is 47.5 Å². The van der Waals surface area contributed by atoms with E-state index in [1.54, 1.807) is 0 Å². The monoisotopic (exact) mass is 269 g/mol. The zero-order valence-electron chi connectivity index (χ0n) is 11.4. The molecule has 4 nitrogen and oxygen atoms in total. The maximum absolute atomic E-state index is 5.72. The summed E-state index contributed by atoms with van der Waals surface area (Å²) in [7, 11) is 0. The summed E-state index contributed by atoms with van der Waals surface area (Å²) in [6, 6.07) is 9.00. The predicted molar refractivity (Wildman–Crippen MR) is 76.8 cm³/mol. The van der Waals surface area contributed by atoms with Crippen molar-refractivity contribution in [3.63, 3.8) is 0 Å². The minimum Gasteiger partial charge on any atom is -0.493 e. The Morgan fingerprint density at radius 2 is 2.15 bits per heavy atom. The Balaban J connectivity index is 1.55. The molecule has 104 valence electrons. The van der Waals surface area contributed by atoms with E-state index >= 15 is 0 Å². The van der Waals surface area contributed by atoms with E-state index in [-0.39, 0.29) is 0 Å². The number of hydrogen-bond donors (Lipinski definition) is 2. The van der Waals surface area contributed by atoms with Crippen LogP contribution in [0.25, 0.3) is 0 Å². The van der Waals surface area contributed by atoms with Crippen molar-refractivity contribution < 1.29 is 4.74 Å². The van der Waals surface area contributed by atoms with E-state index in [2.05, 4.69) is 27.4 Å². The molecule has 4 rings (SSSR count). The van der Waals surface area contributed by atoms with Gasteiger partial charge in [-0.3, -0.25) is 0 Å². The maximum atomic E-state index is 5.72. The fourth-order valence-electron chi connectivity index (χ4n) is 2.81. The lowest BCUT2D eigenvalue weighted by Crippen LogP contribution is -2.17. The summed E-state index contributed by atoms with van der Waals surface area (Å²) < 4.78 is 5.72. The van der Waals surface area contributed by atoms with Gasteiger partial charge in [0, 0.05) is 36.0 Å². The Bertz CT molecular complexity index is 603. The highest BCUT2D eigenvalue weighted by Crippen LogP contribution is 2.36. The number of rotatable bonds is 4. The topological polar surface area (TPSA) is 49.9 Å². The third-order valence-corrected chi connectivity index (χ3v) is 4.10. The second-order valence-corrected chi connectivity index (χ2v) is 5.68. The number of aromatic amines is 1. The second-order valence-electron chi connectivity index (χ2n) is 5.68. The molecule has 1 fully saturated rings. The molecule has 2 heterocycles. The lowest BCUT2D eigenvalue weighted by molar-refractivity contribution is 0.274. The SMILES string of the molecule is c1ccc2c(c1)OCCC2c1ncc(CNC2CC2)[nH]1. The second kappa shape index (κ2) is 4.94. The van der Waals surface area contributed by atoms with Crippen molar-refractivity contribution in [1.29, 1.82) is 0 Å². The molecule has 0 spiro atoms. The van der Waals surface area contributed by atoms with Crippen LogP contribution in [-0.2, 0) is 6.54 Å². The van der Waals surface area contributed by atoms with Crippen LogP contribution in [0, 0.1) is 0 Å². The summed E-state index contributed by atoms with van der Waals surface area (Å²) >= 11 is 0. The first-order chi connectivity index (χ1) is 9.90.